The summed E-state index contributed by atoms with van der Waals surface area (Å²) < 4.78 is 39.4. The largest absolute Gasteiger partial charge is 0.406 e. The molecule has 0 radical (unpaired) electrons. The molecule has 0 spiro atoms. The van der Waals surface area contributed by atoms with Gasteiger partial charge < -0.3 is 9.88 Å². The number of nitrogens with zero attached hydrogens (tertiary/aromatic N) is 2. The molecule has 6 nitrogen and oxygen atoms in total. The molecule has 0 saturated carbocycles. The zero-order valence-corrected chi connectivity index (χ0v) is 17.5. The smallest absolute Gasteiger partial charge is 0.339 e. The van der Waals surface area contributed by atoms with Crippen LogP contribution in [-0.2, 0) is 17.8 Å². The lowest BCUT2D eigenvalue weighted by molar-refractivity contribution is -0.141. The number of ketones is 1. The average molecular weight is 435 g/mol. The third-order valence-electron chi connectivity index (χ3n) is 5.61. The molecule has 31 heavy (non-hydrogen) atoms. The Kier molecular flexibility index (Phi) is 5.98. The quantitative estimate of drug-likeness (QED) is 0.531. The van der Waals surface area contributed by atoms with E-state index in [1.807, 2.05) is 30.3 Å². The van der Waals surface area contributed by atoms with Gasteiger partial charge in [0.05, 0.1) is 6.54 Å². The Bertz CT molecular complexity index is 1010. The van der Waals surface area contributed by atoms with Gasteiger partial charge in [0.15, 0.2) is 5.78 Å². The van der Waals surface area contributed by atoms with E-state index in [0.717, 1.165) is 15.0 Å². The molecule has 0 unspecified atom stereocenters. The van der Waals surface area contributed by atoms with Crippen LogP contribution in [-0.4, -0.2) is 45.4 Å². The number of aryl methyl sites for hydroxylation is 2. The van der Waals surface area contributed by atoms with E-state index in [0.29, 0.717) is 12.8 Å². The van der Waals surface area contributed by atoms with E-state index >= 15 is 0 Å². The first-order valence-corrected chi connectivity index (χ1v) is 9.86. The Balaban J connectivity index is 1.72. The topological polar surface area (TPSA) is 71.4 Å². The Morgan fingerprint density at radius 1 is 1.13 bits per heavy atom. The summed E-state index contributed by atoms with van der Waals surface area (Å²) in [6, 6.07) is 10.2. The highest BCUT2D eigenvalue weighted by Gasteiger charge is 2.48. The van der Waals surface area contributed by atoms with Crippen molar-refractivity contribution in [1.29, 1.82) is 0 Å². The van der Waals surface area contributed by atoms with Crippen molar-refractivity contribution in [3.63, 3.8) is 0 Å². The lowest BCUT2D eigenvalue weighted by atomic mass is 9.93. The fourth-order valence-electron chi connectivity index (χ4n) is 3.83. The van der Waals surface area contributed by atoms with Crippen molar-refractivity contribution in [3.8, 4) is 0 Å². The van der Waals surface area contributed by atoms with Crippen molar-refractivity contribution < 1.29 is 27.6 Å². The van der Waals surface area contributed by atoms with Crippen LogP contribution in [0.15, 0.2) is 36.4 Å². The molecule has 1 N–H and O–H groups in total. The Morgan fingerprint density at radius 3 is 2.39 bits per heavy atom. The number of aromatic nitrogens is 1. The molecule has 1 atom stereocenters. The molecule has 1 fully saturated rings. The Labute approximate surface area is 178 Å². The van der Waals surface area contributed by atoms with Crippen LogP contribution in [0, 0.1) is 13.8 Å². The van der Waals surface area contributed by atoms with Crippen LogP contribution in [0.3, 0.4) is 0 Å². The molecule has 3 amide bonds. The number of alkyl halides is 3. The van der Waals surface area contributed by atoms with Gasteiger partial charge in [-0.1, -0.05) is 30.3 Å². The van der Waals surface area contributed by atoms with Crippen LogP contribution in [0.2, 0.25) is 0 Å². The highest BCUT2D eigenvalue weighted by molar-refractivity contribution is 6.11. The number of carbonyl (C=O) groups is 3. The van der Waals surface area contributed by atoms with Crippen molar-refractivity contribution in [2.75, 3.05) is 6.54 Å². The van der Waals surface area contributed by atoms with E-state index in [1.165, 1.54) is 19.9 Å². The minimum absolute atomic E-state index is 0.0697. The normalized spacial score (nSPS) is 19.1. The monoisotopic (exact) mass is 435 g/mol. The second-order valence-corrected chi connectivity index (χ2v) is 8.05. The molecular weight excluding hydrogens is 411 g/mol. The lowest BCUT2D eigenvalue weighted by Gasteiger charge is -2.21. The van der Waals surface area contributed by atoms with Crippen LogP contribution in [0.4, 0.5) is 18.0 Å². The van der Waals surface area contributed by atoms with Gasteiger partial charge in [-0.15, -0.1) is 0 Å². The molecule has 0 aliphatic carbocycles. The summed E-state index contributed by atoms with van der Waals surface area (Å²) in [6.07, 6.45) is -3.52. The van der Waals surface area contributed by atoms with Crippen molar-refractivity contribution in [2.45, 2.75) is 51.9 Å². The average Bonchev–Trinajstić information content (AvgIpc) is 3.08. The van der Waals surface area contributed by atoms with Gasteiger partial charge in [-0.3, -0.25) is 14.5 Å². The summed E-state index contributed by atoms with van der Waals surface area (Å²) in [5, 5.41) is 2.65. The molecular formula is C22H24F3N3O3. The predicted octanol–water partition coefficient (Wildman–Crippen LogP) is 3.79. The van der Waals surface area contributed by atoms with E-state index in [1.54, 1.807) is 6.92 Å². The van der Waals surface area contributed by atoms with Crippen molar-refractivity contribution in [3.05, 3.63) is 58.9 Å². The number of nitrogens with one attached hydrogen (secondary N) is 1. The maximum absolute atomic E-state index is 12.9. The number of hydrogen-bond acceptors (Lipinski definition) is 3. The molecule has 2 aromatic rings. The van der Waals surface area contributed by atoms with E-state index in [-0.39, 0.29) is 17.0 Å². The summed E-state index contributed by atoms with van der Waals surface area (Å²) >= 11 is 0. The van der Waals surface area contributed by atoms with Gasteiger partial charge in [0, 0.05) is 17.0 Å². The molecule has 1 aliphatic heterocycles. The van der Waals surface area contributed by atoms with Gasteiger partial charge in [0.2, 0.25) is 0 Å². The number of urea groups is 1. The summed E-state index contributed by atoms with van der Waals surface area (Å²) in [6.45, 7) is 2.77. The molecule has 1 aliphatic rings. The second kappa shape index (κ2) is 8.20. The first-order valence-electron chi connectivity index (χ1n) is 9.86. The Hall–Kier alpha value is -3.10. The third-order valence-corrected chi connectivity index (χ3v) is 5.61. The molecule has 1 saturated heterocycles. The van der Waals surface area contributed by atoms with Gasteiger partial charge in [0.1, 0.15) is 12.1 Å². The van der Waals surface area contributed by atoms with Gasteiger partial charge in [-0.2, -0.15) is 13.2 Å². The molecule has 9 heteroatoms. The predicted molar refractivity (Wildman–Crippen MR) is 108 cm³/mol. The molecule has 1 aromatic carbocycles. The number of carbonyl (C=O) groups excluding carboxylic acids is 3. The first kappa shape index (κ1) is 22.6. The third kappa shape index (κ3) is 4.81. The SMILES string of the molecule is Cc1cc(C(=O)CN2C(=O)N[C@](C)(CCc3ccccc3)C2=O)c(C)n1CC(F)(F)F. The molecule has 2 heterocycles. The van der Waals surface area contributed by atoms with Gasteiger partial charge in [0.25, 0.3) is 5.91 Å². The summed E-state index contributed by atoms with van der Waals surface area (Å²) in [5.74, 6) is -1.11. The van der Waals surface area contributed by atoms with Crippen molar-refractivity contribution in [2.24, 2.45) is 0 Å². The fourth-order valence-corrected chi connectivity index (χ4v) is 3.83. The van der Waals surface area contributed by atoms with Crippen LogP contribution < -0.4 is 5.32 Å². The number of halogens is 3. The molecule has 3 rings (SSSR count). The van der Waals surface area contributed by atoms with Crippen LogP contribution in [0.25, 0.3) is 0 Å². The zero-order valence-electron chi connectivity index (χ0n) is 17.5. The van der Waals surface area contributed by atoms with Gasteiger partial charge >= 0.3 is 12.2 Å². The minimum atomic E-state index is -4.43. The van der Waals surface area contributed by atoms with Crippen LogP contribution in [0.5, 0.6) is 0 Å². The maximum Gasteiger partial charge on any atom is 0.406 e. The summed E-state index contributed by atoms with van der Waals surface area (Å²) in [4.78, 5) is 38.9. The van der Waals surface area contributed by atoms with Gasteiger partial charge in [-0.25, -0.2) is 4.79 Å². The number of amides is 3. The van der Waals surface area contributed by atoms with E-state index < -0.39 is 42.5 Å². The number of Topliss-reactive ketones (excluding diaryl/α,β-unsaturated/α-hetero) is 1. The van der Waals surface area contributed by atoms with E-state index in [2.05, 4.69) is 5.32 Å². The number of benzene rings is 1. The summed E-state index contributed by atoms with van der Waals surface area (Å²) in [7, 11) is 0. The highest BCUT2D eigenvalue weighted by Crippen LogP contribution is 2.26. The minimum Gasteiger partial charge on any atom is -0.339 e. The van der Waals surface area contributed by atoms with Crippen molar-refractivity contribution >= 4 is 17.7 Å². The lowest BCUT2D eigenvalue weighted by Crippen LogP contribution is -2.44. The molecule has 166 valence electrons. The van der Waals surface area contributed by atoms with Crippen molar-refractivity contribution in [1.82, 2.24) is 14.8 Å². The molecule has 1 aromatic heterocycles. The number of imide groups is 1. The number of rotatable bonds is 7. The number of hydrogen-bond donors (Lipinski definition) is 1. The molecule has 0 bridgehead atoms. The van der Waals surface area contributed by atoms with E-state index in [9.17, 15) is 27.6 Å². The van der Waals surface area contributed by atoms with Gasteiger partial charge in [-0.05, 0) is 45.2 Å². The Morgan fingerprint density at radius 2 is 1.77 bits per heavy atom. The zero-order chi connectivity index (χ0) is 23.0. The fraction of sp³-hybridized carbons (Fsp3) is 0.409. The standard InChI is InChI=1S/C22H24F3N3O3/c1-14-11-17(15(2)28(14)13-22(23,24)25)18(29)12-27-19(30)21(3,26-20(27)31)10-9-16-7-5-4-6-8-16/h4-8,11H,9-10,12-13H2,1-3H3,(H,26,31)/t21-/m1/s1. The highest BCUT2D eigenvalue weighted by atomic mass is 19.4. The van der Waals surface area contributed by atoms with Crippen LogP contribution >= 0.6 is 0 Å². The van der Waals surface area contributed by atoms with Crippen LogP contribution in [0.1, 0.15) is 40.7 Å². The second-order valence-electron chi connectivity index (χ2n) is 8.05. The van der Waals surface area contributed by atoms with E-state index in [4.69, 9.17) is 0 Å². The first-order chi connectivity index (χ1) is 14.4. The maximum atomic E-state index is 12.9. The summed E-state index contributed by atoms with van der Waals surface area (Å²) in [5.41, 5.74) is 0.361.